The van der Waals surface area contributed by atoms with Crippen LogP contribution in [-0.2, 0) is 17.1 Å². The Morgan fingerprint density at radius 1 is 0.836 bits per heavy atom. The molecule has 1 fully saturated rings. The molecular formula is C47H53ClN8O3S2. The number of sulfonamides is 1. The summed E-state index contributed by atoms with van der Waals surface area (Å²) in [5, 5.41) is 4.20. The van der Waals surface area contributed by atoms with Crippen LogP contribution in [0.25, 0.3) is 22.4 Å². The quantitative estimate of drug-likeness (QED) is 0.0556. The van der Waals surface area contributed by atoms with Crippen molar-refractivity contribution >= 4 is 67.7 Å². The first kappa shape index (κ1) is 43.5. The van der Waals surface area contributed by atoms with Gasteiger partial charge in [-0.25, -0.2) is 8.42 Å². The molecule has 318 valence electrons. The van der Waals surface area contributed by atoms with Crippen LogP contribution in [0, 0.1) is 6.92 Å². The number of hydrogen-bond acceptors (Lipinski definition) is 9. The second-order valence-corrected chi connectivity index (χ2v) is 18.8. The highest BCUT2D eigenvalue weighted by Gasteiger charge is 2.26. The van der Waals surface area contributed by atoms with Gasteiger partial charge >= 0.3 is 0 Å². The number of piperazine rings is 1. The average molecular weight is 878 g/mol. The molecule has 6 N–H and O–H groups in total. The molecule has 1 atom stereocenters. The number of thioether (sulfide) groups is 1. The molecule has 1 saturated heterocycles. The van der Waals surface area contributed by atoms with Gasteiger partial charge < -0.3 is 36.1 Å². The van der Waals surface area contributed by atoms with Gasteiger partial charge in [-0.05, 0) is 124 Å². The van der Waals surface area contributed by atoms with Crippen LogP contribution in [0.3, 0.4) is 0 Å². The number of rotatable bonds is 16. The molecule has 1 aliphatic rings. The van der Waals surface area contributed by atoms with Crippen LogP contribution < -0.4 is 31.3 Å². The second-order valence-electron chi connectivity index (χ2n) is 15.6. The molecular weight excluding hydrogens is 824 g/mol. The third-order valence-electron chi connectivity index (χ3n) is 11.1. The van der Waals surface area contributed by atoms with Crippen LogP contribution in [0.4, 0.5) is 28.4 Å². The Morgan fingerprint density at radius 3 is 2.15 bits per heavy atom. The van der Waals surface area contributed by atoms with Crippen LogP contribution >= 0.6 is 23.4 Å². The first-order chi connectivity index (χ1) is 29.3. The lowest BCUT2D eigenvalue weighted by Crippen LogP contribution is -2.46. The number of nitrogen functional groups attached to an aromatic ring is 1. The molecule has 7 rings (SSSR count). The van der Waals surface area contributed by atoms with E-state index in [2.05, 4.69) is 63.1 Å². The predicted octanol–water partition coefficient (Wildman–Crippen LogP) is 8.65. The number of aromatic nitrogens is 1. The van der Waals surface area contributed by atoms with Crippen molar-refractivity contribution in [3.05, 3.63) is 138 Å². The van der Waals surface area contributed by atoms with Crippen LogP contribution in [0.15, 0.2) is 131 Å². The zero-order chi connectivity index (χ0) is 43.3. The summed E-state index contributed by atoms with van der Waals surface area (Å²) in [6, 6.07) is 38.6. The zero-order valence-corrected chi connectivity index (χ0v) is 37.3. The molecule has 0 spiro atoms. The Hall–Kier alpha value is -5.60. The summed E-state index contributed by atoms with van der Waals surface area (Å²) in [5.41, 5.74) is 20.9. The van der Waals surface area contributed by atoms with Gasteiger partial charge in [-0.15, -0.1) is 11.8 Å². The van der Waals surface area contributed by atoms with E-state index in [9.17, 15) is 13.2 Å². The van der Waals surface area contributed by atoms with E-state index in [-0.39, 0.29) is 10.9 Å². The summed E-state index contributed by atoms with van der Waals surface area (Å²) < 4.78 is 31.8. The van der Waals surface area contributed by atoms with E-state index in [1.165, 1.54) is 11.0 Å². The van der Waals surface area contributed by atoms with Gasteiger partial charge in [0.1, 0.15) is 0 Å². The molecule has 11 nitrogen and oxygen atoms in total. The van der Waals surface area contributed by atoms with Crippen LogP contribution in [0.5, 0.6) is 0 Å². The molecule has 6 aromatic rings. The van der Waals surface area contributed by atoms with E-state index in [0.29, 0.717) is 27.6 Å². The van der Waals surface area contributed by atoms with Crippen molar-refractivity contribution in [2.24, 2.45) is 12.8 Å². The topological polar surface area (TPSA) is 142 Å². The van der Waals surface area contributed by atoms with Gasteiger partial charge in [0.15, 0.2) is 0 Å². The fourth-order valence-corrected chi connectivity index (χ4v) is 9.96. The lowest BCUT2D eigenvalue weighted by Gasteiger charge is -2.37. The highest BCUT2D eigenvalue weighted by molar-refractivity contribution is 7.99. The number of carbonyl (C=O) groups excluding carboxylic acids is 1. The number of hydrogen-bond donors (Lipinski definition) is 4. The van der Waals surface area contributed by atoms with Crippen molar-refractivity contribution in [3.8, 4) is 22.4 Å². The minimum absolute atomic E-state index is 0.0952. The molecule has 0 radical (unpaired) electrons. The normalized spacial score (nSPS) is 13.7. The van der Waals surface area contributed by atoms with Crippen molar-refractivity contribution < 1.29 is 13.2 Å². The van der Waals surface area contributed by atoms with Gasteiger partial charge in [0.2, 0.25) is 0 Å². The van der Waals surface area contributed by atoms with Crippen LogP contribution in [0.1, 0.15) is 22.5 Å². The first-order valence-corrected chi connectivity index (χ1v) is 23.1. The third kappa shape index (κ3) is 10.3. The molecule has 0 saturated carbocycles. The molecule has 0 bridgehead atoms. The van der Waals surface area contributed by atoms with Gasteiger partial charge in [0, 0.05) is 83.3 Å². The Balaban J connectivity index is 0.986. The Kier molecular flexibility index (Phi) is 13.5. The summed E-state index contributed by atoms with van der Waals surface area (Å²) >= 11 is 7.99. The molecule has 2 heterocycles. The van der Waals surface area contributed by atoms with Gasteiger partial charge in [0.25, 0.3) is 15.9 Å². The highest BCUT2D eigenvalue weighted by atomic mass is 35.5. The van der Waals surface area contributed by atoms with Crippen LogP contribution in [0.2, 0.25) is 5.02 Å². The molecule has 0 unspecified atom stereocenters. The Labute approximate surface area is 368 Å². The molecule has 0 aliphatic carbocycles. The smallest absolute Gasteiger partial charge is 0.261 e. The number of halogens is 1. The lowest BCUT2D eigenvalue weighted by molar-refractivity contribution is 0.1000. The summed E-state index contributed by atoms with van der Waals surface area (Å²) in [6.07, 6.45) is 0.898. The number of amides is 1. The first-order valence-electron chi connectivity index (χ1n) is 20.2. The van der Waals surface area contributed by atoms with E-state index >= 15 is 0 Å². The van der Waals surface area contributed by atoms with E-state index in [0.717, 1.165) is 84.4 Å². The number of nitrogens with one attached hydrogen (secondary N) is 2. The fourth-order valence-electron chi connectivity index (χ4n) is 7.75. The monoisotopic (exact) mass is 876 g/mol. The number of anilines is 5. The summed E-state index contributed by atoms with van der Waals surface area (Å²) in [7, 11) is 2.15. The molecule has 5 aromatic carbocycles. The number of primary amides is 1. The maximum Gasteiger partial charge on any atom is 0.261 e. The highest BCUT2D eigenvalue weighted by Crippen LogP contribution is 2.40. The predicted molar refractivity (Wildman–Crippen MR) is 255 cm³/mol. The van der Waals surface area contributed by atoms with Crippen LogP contribution in [-0.4, -0.2) is 82.4 Å². The molecule has 61 heavy (non-hydrogen) atoms. The minimum Gasteiger partial charge on any atom is -0.397 e. The van der Waals surface area contributed by atoms with Gasteiger partial charge in [-0.3, -0.25) is 9.52 Å². The summed E-state index contributed by atoms with van der Waals surface area (Å²) in [4.78, 5) is 20.9. The van der Waals surface area contributed by atoms with Gasteiger partial charge in [0.05, 0.1) is 27.5 Å². The van der Waals surface area contributed by atoms with E-state index < -0.39 is 15.9 Å². The van der Waals surface area contributed by atoms with E-state index in [1.54, 1.807) is 36.0 Å². The number of benzene rings is 5. The van der Waals surface area contributed by atoms with E-state index in [4.69, 9.17) is 23.1 Å². The van der Waals surface area contributed by atoms with Crippen molar-refractivity contribution in [1.29, 1.82) is 0 Å². The van der Waals surface area contributed by atoms with Crippen molar-refractivity contribution in [3.63, 3.8) is 0 Å². The molecule has 1 amide bonds. The lowest BCUT2D eigenvalue weighted by atomic mass is 9.96. The maximum absolute atomic E-state index is 13.5. The largest absolute Gasteiger partial charge is 0.397 e. The summed E-state index contributed by atoms with van der Waals surface area (Å²) in [6.45, 7) is 5.89. The Bertz CT molecular complexity index is 2580. The average Bonchev–Trinajstić information content (AvgIpc) is 3.52. The van der Waals surface area contributed by atoms with E-state index in [1.807, 2.05) is 85.3 Å². The number of carbonyl (C=O) groups is 1. The number of nitrogens with zero attached hydrogens (tertiary/aromatic N) is 4. The van der Waals surface area contributed by atoms with Gasteiger partial charge in [-0.1, -0.05) is 54.1 Å². The number of nitrogens with two attached hydrogens (primary N) is 2. The molecule has 1 aliphatic heterocycles. The minimum atomic E-state index is -3.90. The maximum atomic E-state index is 13.5. The van der Waals surface area contributed by atoms with Crippen molar-refractivity contribution in [1.82, 2.24) is 9.47 Å². The van der Waals surface area contributed by atoms with Crippen molar-refractivity contribution in [2.45, 2.75) is 29.2 Å². The van der Waals surface area contributed by atoms with Crippen molar-refractivity contribution in [2.75, 3.05) is 78.1 Å². The third-order valence-corrected chi connectivity index (χ3v) is 13.9. The fraction of sp³-hybridized carbons (Fsp3) is 0.255. The second kappa shape index (κ2) is 19.0. The molecule has 14 heteroatoms. The standard InChI is InChI=1S/C47H53ClN8O3S2/c1-32-44(47(50)57)45(46(54(32)4)33-13-15-35(48)16-14-33)34-9-8-10-39(29-34)56-27-25-55(26-28-56)38-19-17-36(18-20-38)52-61(58,59)41-21-22-43(42(49)30-41)51-37(23-24-53(2)3)31-60-40-11-6-5-7-12-40/h5-22,29-30,37,51-52H,23-28,31,49H2,1-4H3,(H2,50,57)/t37-/m1/s1. The Morgan fingerprint density at radius 2 is 1.51 bits per heavy atom. The zero-order valence-electron chi connectivity index (χ0n) is 34.9. The summed E-state index contributed by atoms with van der Waals surface area (Å²) in [5.74, 6) is 0.363. The van der Waals surface area contributed by atoms with Gasteiger partial charge in [-0.2, -0.15) is 0 Å². The molecule has 1 aromatic heterocycles. The SMILES string of the molecule is Cc1c(C(N)=O)c(-c2cccc(N3CCN(c4ccc(NS(=O)(=O)c5ccc(N[C@H](CCN(C)C)CSc6ccccc6)c(N)c5)cc4)CC3)c2)c(-c2ccc(Cl)cc2)n1C.